The van der Waals surface area contributed by atoms with Gasteiger partial charge in [0.15, 0.2) is 5.75 Å². The van der Waals surface area contributed by atoms with Crippen LogP contribution in [-0.4, -0.2) is 27.5 Å². The molecule has 0 saturated heterocycles. The van der Waals surface area contributed by atoms with E-state index in [0.29, 0.717) is 35.3 Å². The fourth-order valence-corrected chi connectivity index (χ4v) is 4.25. The van der Waals surface area contributed by atoms with E-state index < -0.39 is 5.41 Å². The maximum absolute atomic E-state index is 14.1. The zero-order chi connectivity index (χ0) is 22.0. The first-order valence-electron chi connectivity index (χ1n) is 10.3. The molecule has 0 radical (unpaired) electrons. The topological polar surface area (TPSA) is 77.0 Å². The van der Waals surface area contributed by atoms with Crippen LogP contribution in [0.3, 0.4) is 0 Å². The average molecular weight is 443 g/mol. The number of amides is 1. The summed E-state index contributed by atoms with van der Waals surface area (Å²) in [6.07, 6.45) is 9.85. The van der Waals surface area contributed by atoms with E-state index in [4.69, 9.17) is 16.3 Å². The zero-order valence-corrected chi connectivity index (χ0v) is 18.2. The van der Waals surface area contributed by atoms with Crippen molar-refractivity contribution in [1.29, 1.82) is 0 Å². The lowest BCUT2D eigenvalue weighted by Crippen LogP contribution is -2.30. The van der Waals surface area contributed by atoms with Crippen molar-refractivity contribution in [2.75, 3.05) is 11.9 Å². The highest BCUT2D eigenvalue weighted by Crippen LogP contribution is 2.60. The van der Waals surface area contributed by atoms with Gasteiger partial charge in [0.2, 0.25) is 5.91 Å². The second-order valence-corrected chi connectivity index (χ2v) is 8.46. The average Bonchev–Trinajstić information content (AvgIpc) is 3.50. The molecule has 31 heavy (non-hydrogen) atoms. The molecule has 2 aliphatic rings. The van der Waals surface area contributed by atoms with E-state index in [9.17, 15) is 9.18 Å². The molecule has 2 aromatic rings. The highest BCUT2D eigenvalue weighted by Gasteiger charge is 2.62. The Labute approximate surface area is 185 Å². The summed E-state index contributed by atoms with van der Waals surface area (Å²) in [5, 5.41) is 3.34. The number of hydrogen-bond acceptors (Lipinski definition) is 5. The predicted octanol–water partition coefficient (Wildman–Crippen LogP) is 4.85. The van der Waals surface area contributed by atoms with Crippen molar-refractivity contribution in [2.45, 2.75) is 33.1 Å². The van der Waals surface area contributed by atoms with Crippen LogP contribution < -0.4 is 10.1 Å². The molecule has 6 nitrogen and oxygen atoms in total. The van der Waals surface area contributed by atoms with Gasteiger partial charge in [-0.15, -0.1) is 0 Å². The van der Waals surface area contributed by atoms with E-state index in [1.807, 2.05) is 19.9 Å². The summed E-state index contributed by atoms with van der Waals surface area (Å²) < 4.78 is 20.2. The molecule has 4 rings (SSSR count). The molecule has 1 amide bonds. The molecular weight excluding hydrogens is 419 g/mol. The van der Waals surface area contributed by atoms with Gasteiger partial charge in [-0.1, -0.05) is 30.7 Å². The van der Waals surface area contributed by atoms with E-state index in [1.54, 1.807) is 24.4 Å². The van der Waals surface area contributed by atoms with Gasteiger partial charge in [-0.05, 0) is 43.9 Å². The number of carbonyl (C=O) groups excluding carboxylic acids is 1. The number of anilines is 1. The lowest BCUT2D eigenvalue weighted by molar-refractivity contribution is -0.118. The molecule has 1 saturated carbocycles. The largest absolute Gasteiger partial charge is 0.489 e. The highest BCUT2D eigenvalue weighted by atomic mass is 35.5. The van der Waals surface area contributed by atoms with E-state index in [0.717, 1.165) is 5.69 Å². The minimum absolute atomic E-state index is 0.136. The maximum atomic E-state index is 14.1. The molecule has 0 aliphatic heterocycles. The molecule has 8 heteroatoms. The molecule has 2 aliphatic carbocycles. The molecule has 0 spiro atoms. The first-order chi connectivity index (χ1) is 14.9. The van der Waals surface area contributed by atoms with Crippen LogP contribution in [0.15, 0.2) is 48.6 Å². The van der Waals surface area contributed by atoms with Crippen molar-refractivity contribution < 1.29 is 13.9 Å². The summed E-state index contributed by atoms with van der Waals surface area (Å²) in [6, 6.07) is 3.32. The number of aryl methyl sites for hydroxylation is 2. The SMILES string of the molecule is CCc1nc(C)ncc1OC[C@@]1(C2C=CC=C(F)C2)C[C@H]1C(=O)Nc1ccc(Cl)cn1. The third kappa shape index (κ3) is 4.61. The summed E-state index contributed by atoms with van der Waals surface area (Å²) in [6.45, 7) is 4.11. The quantitative estimate of drug-likeness (QED) is 0.663. The number of allylic oxidation sites excluding steroid dienone is 4. The summed E-state index contributed by atoms with van der Waals surface area (Å²) in [5.74, 6) is 0.920. The van der Waals surface area contributed by atoms with Gasteiger partial charge >= 0.3 is 0 Å². The van der Waals surface area contributed by atoms with Gasteiger partial charge in [-0.2, -0.15) is 0 Å². The Kier molecular flexibility index (Phi) is 6.05. The smallest absolute Gasteiger partial charge is 0.229 e. The highest BCUT2D eigenvalue weighted by molar-refractivity contribution is 6.30. The molecule has 1 fully saturated rings. The Hall–Kier alpha value is -2.80. The van der Waals surface area contributed by atoms with Gasteiger partial charge in [-0.3, -0.25) is 4.79 Å². The van der Waals surface area contributed by atoms with Crippen LogP contribution in [0.5, 0.6) is 5.75 Å². The van der Waals surface area contributed by atoms with Crippen molar-refractivity contribution in [1.82, 2.24) is 15.0 Å². The van der Waals surface area contributed by atoms with E-state index >= 15 is 0 Å². The molecule has 0 bridgehead atoms. The fraction of sp³-hybridized carbons (Fsp3) is 0.391. The van der Waals surface area contributed by atoms with E-state index in [-0.39, 0.29) is 36.6 Å². The number of aromatic nitrogens is 3. The van der Waals surface area contributed by atoms with Crippen LogP contribution in [0.2, 0.25) is 5.02 Å². The number of rotatable bonds is 7. The predicted molar refractivity (Wildman–Crippen MR) is 116 cm³/mol. The Morgan fingerprint density at radius 1 is 1.35 bits per heavy atom. The number of carbonyl (C=O) groups is 1. The van der Waals surface area contributed by atoms with E-state index in [2.05, 4.69) is 20.3 Å². The minimum Gasteiger partial charge on any atom is -0.489 e. The Morgan fingerprint density at radius 3 is 2.90 bits per heavy atom. The molecule has 162 valence electrons. The number of hydrogen-bond donors (Lipinski definition) is 1. The Balaban J connectivity index is 1.53. The first kappa shape index (κ1) is 21.4. The summed E-state index contributed by atoms with van der Waals surface area (Å²) in [7, 11) is 0. The Morgan fingerprint density at radius 2 is 2.19 bits per heavy atom. The third-order valence-electron chi connectivity index (χ3n) is 5.97. The molecular formula is C23H24ClFN4O2. The van der Waals surface area contributed by atoms with E-state index in [1.165, 1.54) is 12.3 Å². The van der Waals surface area contributed by atoms with Crippen molar-refractivity contribution in [3.8, 4) is 5.75 Å². The van der Waals surface area contributed by atoms with Crippen molar-refractivity contribution in [3.05, 3.63) is 65.1 Å². The second kappa shape index (κ2) is 8.75. The van der Waals surface area contributed by atoms with Crippen LogP contribution in [0.1, 0.15) is 31.3 Å². The lowest BCUT2D eigenvalue weighted by atomic mass is 9.82. The monoisotopic (exact) mass is 442 g/mol. The summed E-state index contributed by atoms with van der Waals surface area (Å²) in [5.41, 5.74) is 0.314. The Bertz CT molecular complexity index is 1040. The number of nitrogens with one attached hydrogen (secondary N) is 1. The van der Waals surface area contributed by atoms with Crippen LogP contribution in [0.4, 0.5) is 10.2 Å². The van der Waals surface area contributed by atoms with Crippen LogP contribution >= 0.6 is 11.6 Å². The maximum Gasteiger partial charge on any atom is 0.229 e. The molecule has 1 N–H and O–H groups in total. The lowest BCUT2D eigenvalue weighted by Gasteiger charge is -2.27. The van der Waals surface area contributed by atoms with Gasteiger partial charge in [0.05, 0.1) is 23.5 Å². The summed E-state index contributed by atoms with van der Waals surface area (Å²) in [4.78, 5) is 25.8. The van der Waals surface area contributed by atoms with Gasteiger partial charge in [0.25, 0.3) is 0 Å². The zero-order valence-electron chi connectivity index (χ0n) is 17.4. The van der Waals surface area contributed by atoms with Crippen molar-refractivity contribution in [3.63, 3.8) is 0 Å². The standard InChI is InChI=1S/C23H24ClFN4O2/c1-3-19-20(12-26-14(2)28-19)31-13-23(15-5-4-6-17(25)9-15)10-18(23)22(30)29-21-8-7-16(24)11-27-21/h4-8,11-12,15,18H,3,9-10,13H2,1-2H3,(H,27,29,30)/t15?,18-,23+/m0/s1. The molecule has 2 aromatic heterocycles. The van der Waals surface area contributed by atoms with Gasteiger partial charge in [0.1, 0.15) is 17.5 Å². The second-order valence-electron chi connectivity index (χ2n) is 8.02. The number of nitrogens with zero attached hydrogens (tertiary/aromatic N) is 3. The van der Waals surface area contributed by atoms with Crippen LogP contribution in [0, 0.1) is 24.2 Å². The minimum atomic E-state index is -0.505. The number of pyridine rings is 1. The van der Waals surface area contributed by atoms with Gasteiger partial charge in [0, 0.05) is 24.0 Å². The van der Waals surface area contributed by atoms with Crippen molar-refractivity contribution in [2.24, 2.45) is 17.3 Å². The number of ether oxygens (including phenoxy) is 1. The van der Waals surface area contributed by atoms with Crippen LogP contribution in [0.25, 0.3) is 0 Å². The molecule has 1 unspecified atom stereocenters. The molecule has 3 atom stereocenters. The van der Waals surface area contributed by atoms with Gasteiger partial charge in [-0.25, -0.2) is 19.3 Å². The number of halogens is 2. The van der Waals surface area contributed by atoms with Crippen molar-refractivity contribution >= 4 is 23.3 Å². The molecule has 0 aromatic carbocycles. The first-order valence-corrected chi connectivity index (χ1v) is 10.7. The molecule has 2 heterocycles. The summed E-state index contributed by atoms with van der Waals surface area (Å²) >= 11 is 5.87. The fourth-order valence-electron chi connectivity index (χ4n) is 4.14. The normalized spacial score (nSPS) is 24.5. The third-order valence-corrected chi connectivity index (χ3v) is 6.19. The van der Waals surface area contributed by atoms with Crippen LogP contribution in [-0.2, 0) is 11.2 Å². The van der Waals surface area contributed by atoms with Gasteiger partial charge < -0.3 is 10.1 Å².